The van der Waals surface area contributed by atoms with E-state index in [1.807, 2.05) is 31.2 Å². The zero-order chi connectivity index (χ0) is 9.42. The summed E-state index contributed by atoms with van der Waals surface area (Å²) in [6, 6.07) is 7.76. The topological polar surface area (TPSA) is 15.8 Å². The third-order valence-corrected chi connectivity index (χ3v) is 2.57. The predicted molar refractivity (Wildman–Crippen MR) is 58.9 cm³/mol. The van der Waals surface area contributed by atoms with Crippen molar-refractivity contribution in [2.75, 3.05) is 0 Å². The summed E-state index contributed by atoms with van der Waals surface area (Å²) in [5.41, 5.74) is 2.08. The lowest BCUT2D eigenvalue weighted by Crippen LogP contribution is -1.84. The zero-order valence-corrected chi connectivity index (χ0v) is 8.67. The number of benzene rings is 1. The van der Waals surface area contributed by atoms with Gasteiger partial charge in [0.15, 0.2) is 0 Å². The van der Waals surface area contributed by atoms with Gasteiger partial charge in [-0.2, -0.15) is 0 Å². The van der Waals surface area contributed by atoms with Gasteiger partial charge in [0.25, 0.3) is 0 Å². The van der Waals surface area contributed by atoms with Crippen molar-refractivity contribution in [2.45, 2.75) is 6.92 Å². The summed E-state index contributed by atoms with van der Waals surface area (Å²) in [4.78, 5) is 3.08. The molecule has 2 aromatic rings. The van der Waals surface area contributed by atoms with Gasteiger partial charge in [0.2, 0.25) is 0 Å². The molecule has 1 heterocycles. The van der Waals surface area contributed by atoms with Crippen LogP contribution >= 0.6 is 23.8 Å². The van der Waals surface area contributed by atoms with E-state index in [0.717, 1.165) is 21.1 Å². The van der Waals surface area contributed by atoms with Gasteiger partial charge in [0.05, 0.1) is 10.5 Å². The summed E-state index contributed by atoms with van der Waals surface area (Å²) < 4.78 is 0.720. The number of fused-ring (bicyclic) bond motifs is 1. The highest BCUT2D eigenvalue weighted by Gasteiger charge is 2.00. The Morgan fingerprint density at radius 2 is 2.15 bits per heavy atom. The molecule has 1 N–H and O–H groups in total. The smallest absolute Gasteiger partial charge is 0.103 e. The number of rotatable bonds is 0. The van der Waals surface area contributed by atoms with Gasteiger partial charge in [-0.15, -0.1) is 0 Å². The minimum atomic E-state index is 0.715. The van der Waals surface area contributed by atoms with Gasteiger partial charge in [0.1, 0.15) is 4.64 Å². The number of aromatic nitrogens is 1. The standard InChI is InChI=1S/C10H8ClNS/c1-6-5-9(13)12-10-7(6)3-2-4-8(10)11/h2-5H,1H3,(H,12,13). The van der Waals surface area contributed by atoms with E-state index >= 15 is 0 Å². The van der Waals surface area contributed by atoms with Gasteiger partial charge in [-0.25, -0.2) is 0 Å². The number of halogens is 1. The molecule has 1 aromatic carbocycles. The average molecular weight is 210 g/mol. The van der Waals surface area contributed by atoms with Gasteiger partial charge in [-0.1, -0.05) is 36.0 Å². The van der Waals surface area contributed by atoms with Crippen LogP contribution in [0.4, 0.5) is 0 Å². The second kappa shape index (κ2) is 3.13. The maximum Gasteiger partial charge on any atom is 0.103 e. The van der Waals surface area contributed by atoms with E-state index in [4.69, 9.17) is 23.8 Å². The molecule has 0 fully saturated rings. The summed E-state index contributed by atoms with van der Waals surface area (Å²) in [5, 5.41) is 1.84. The van der Waals surface area contributed by atoms with Crippen LogP contribution in [0.5, 0.6) is 0 Å². The first-order valence-corrected chi connectivity index (χ1v) is 4.75. The first kappa shape index (κ1) is 8.73. The summed E-state index contributed by atoms with van der Waals surface area (Å²) in [6.07, 6.45) is 0. The Bertz CT molecular complexity index is 516. The van der Waals surface area contributed by atoms with Gasteiger partial charge in [-0.05, 0) is 24.6 Å². The van der Waals surface area contributed by atoms with Crippen LogP contribution in [0.3, 0.4) is 0 Å². The van der Waals surface area contributed by atoms with E-state index in [2.05, 4.69) is 4.98 Å². The predicted octanol–water partition coefficient (Wildman–Crippen LogP) is 3.86. The van der Waals surface area contributed by atoms with Crippen molar-refractivity contribution in [3.63, 3.8) is 0 Å². The van der Waals surface area contributed by atoms with Crippen LogP contribution in [0.15, 0.2) is 24.3 Å². The molecule has 1 aromatic heterocycles. The minimum absolute atomic E-state index is 0.715. The Balaban J connectivity index is 3.03. The molecular formula is C10H8ClNS. The fraction of sp³-hybridized carbons (Fsp3) is 0.100. The van der Waals surface area contributed by atoms with E-state index in [1.54, 1.807) is 0 Å². The molecule has 0 bridgehead atoms. The fourth-order valence-electron chi connectivity index (χ4n) is 1.41. The molecule has 0 saturated heterocycles. The van der Waals surface area contributed by atoms with Crippen LogP contribution in [-0.2, 0) is 0 Å². The lowest BCUT2D eigenvalue weighted by atomic mass is 10.1. The summed E-state index contributed by atoms with van der Waals surface area (Å²) in [7, 11) is 0. The molecule has 2 rings (SSSR count). The van der Waals surface area contributed by atoms with Crippen molar-refractivity contribution in [1.29, 1.82) is 0 Å². The van der Waals surface area contributed by atoms with E-state index in [-0.39, 0.29) is 0 Å². The molecule has 0 saturated carbocycles. The molecule has 0 spiro atoms. The molecule has 3 heteroatoms. The number of aryl methyl sites for hydroxylation is 1. The van der Waals surface area contributed by atoms with Crippen LogP contribution in [-0.4, -0.2) is 4.98 Å². The van der Waals surface area contributed by atoms with Gasteiger partial charge in [0, 0.05) is 5.39 Å². The number of H-pyrrole nitrogens is 1. The largest absolute Gasteiger partial charge is 0.345 e. The normalized spacial score (nSPS) is 10.6. The molecule has 0 aliphatic carbocycles. The zero-order valence-electron chi connectivity index (χ0n) is 7.10. The maximum atomic E-state index is 6.02. The number of hydrogen-bond acceptors (Lipinski definition) is 1. The van der Waals surface area contributed by atoms with Crippen LogP contribution < -0.4 is 0 Å². The lowest BCUT2D eigenvalue weighted by molar-refractivity contribution is 1.34. The van der Waals surface area contributed by atoms with Crippen molar-refractivity contribution < 1.29 is 0 Å². The highest BCUT2D eigenvalue weighted by atomic mass is 35.5. The Kier molecular flexibility index (Phi) is 2.10. The maximum absolute atomic E-state index is 6.02. The van der Waals surface area contributed by atoms with Crippen LogP contribution in [0.25, 0.3) is 10.9 Å². The third kappa shape index (κ3) is 1.47. The van der Waals surface area contributed by atoms with Gasteiger partial charge in [-0.3, -0.25) is 0 Å². The average Bonchev–Trinajstić information content (AvgIpc) is 2.07. The van der Waals surface area contributed by atoms with Crippen molar-refractivity contribution in [3.05, 3.63) is 39.5 Å². The Morgan fingerprint density at radius 1 is 1.38 bits per heavy atom. The number of para-hydroxylation sites is 1. The molecule has 0 aliphatic rings. The second-order valence-electron chi connectivity index (χ2n) is 2.98. The highest BCUT2D eigenvalue weighted by molar-refractivity contribution is 7.71. The number of hydrogen-bond donors (Lipinski definition) is 1. The Morgan fingerprint density at radius 3 is 2.92 bits per heavy atom. The van der Waals surface area contributed by atoms with Crippen molar-refractivity contribution >= 4 is 34.7 Å². The molecule has 1 nitrogen and oxygen atoms in total. The lowest BCUT2D eigenvalue weighted by Gasteiger charge is -2.03. The van der Waals surface area contributed by atoms with Crippen molar-refractivity contribution in [2.24, 2.45) is 0 Å². The molecule has 13 heavy (non-hydrogen) atoms. The molecule has 0 amide bonds. The minimum Gasteiger partial charge on any atom is -0.345 e. The SMILES string of the molecule is Cc1cc(=S)[nH]c2c(Cl)cccc12. The fourth-order valence-corrected chi connectivity index (χ4v) is 1.91. The van der Waals surface area contributed by atoms with Crippen LogP contribution in [0, 0.1) is 11.6 Å². The summed E-state index contributed by atoms with van der Waals surface area (Å²) in [5.74, 6) is 0. The number of nitrogens with one attached hydrogen (secondary N) is 1. The van der Waals surface area contributed by atoms with E-state index in [9.17, 15) is 0 Å². The van der Waals surface area contributed by atoms with Crippen molar-refractivity contribution in [1.82, 2.24) is 4.98 Å². The second-order valence-corrected chi connectivity index (χ2v) is 3.83. The summed E-state index contributed by atoms with van der Waals surface area (Å²) in [6.45, 7) is 2.03. The molecule has 0 atom stereocenters. The first-order valence-electron chi connectivity index (χ1n) is 3.96. The monoisotopic (exact) mass is 209 g/mol. The van der Waals surface area contributed by atoms with Gasteiger partial charge >= 0.3 is 0 Å². The van der Waals surface area contributed by atoms with E-state index < -0.39 is 0 Å². The molecular weight excluding hydrogens is 202 g/mol. The van der Waals surface area contributed by atoms with Crippen molar-refractivity contribution in [3.8, 4) is 0 Å². The Labute approximate surface area is 86.4 Å². The Hall–Kier alpha value is -0.860. The quantitative estimate of drug-likeness (QED) is 0.652. The summed E-state index contributed by atoms with van der Waals surface area (Å²) >= 11 is 11.1. The van der Waals surface area contributed by atoms with Gasteiger partial charge < -0.3 is 4.98 Å². The number of aromatic amines is 1. The number of pyridine rings is 1. The first-order chi connectivity index (χ1) is 6.18. The molecule has 0 aliphatic heterocycles. The molecule has 0 unspecified atom stereocenters. The highest BCUT2D eigenvalue weighted by Crippen LogP contribution is 2.23. The molecule has 0 radical (unpaired) electrons. The van der Waals surface area contributed by atoms with E-state index in [0.29, 0.717) is 5.02 Å². The third-order valence-electron chi connectivity index (χ3n) is 2.03. The van der Waals surface area contributed by atoms with Crippen LogP contribution in [0.2, 0.25) is 5.02 Å². The molecule has 66 valence electrons. The van der Waals surface area contributed by atoms with Crippen LogP contribution in [0.1, 0.15) is 5.56 Å². The van der Waals surface area contributed by atoms with E-state index in [1.165, 1.54) is 0 Å².